The maximum absolute atomic E-state index is 12.2. The van der Waals surface area contributed by atoms with Gasteiger partial charge in [0.15, 0.2) is 0 Å². The molecule has 0 aliphatic carbocycles. The Balaban J connectivity index is 2.02. The number of carbonyl (C=O) groups excluding carboxylic acids is 1. The maximum Gasteiger partial charge on any atom is 0.252 e. The van der Waals surface area contributed by atoms with Gasteiger partial charge in [-0.3, -0.25) is 4.79 Å². The molecule has 1 N–H and O–H groups in total. The van der Waals surface area contributed by atoms with Crippen LogP contribution in [0.1, 0.15) is 38.5 Å². The average molecular weight is 303 g/mol. The van der Waals surface area contributed by atoms with Crippen LogP contribution in [-0.4, -0.2) is 19.6 Å². The van der Waals surface area contributed by atoms with Gasteiger partial charge in [0.2, 0.25) is 0 Å². The molecule has 112 valence electrons. The van der Waals surface area contributed by atoms with Gasteiger partial charge in [-0.2, -0.15) is 0 Å². The molecule has 2 rings (SSSR count). The van der Waals surface area contributed by atoms with Crippen molar-refractivity contribution >= 4 is 17.2 Å². The predicted octanol–water partition coefficient (Wildman–Crippen LogP) is 3.91. The molecule has 1 amide bonds. The van der Waals surface area contributed by atoms with Crippen LogP contribution >= 0.6 is 11.3 Å². The van der Waals surface area contributed by atoms with Crippen LogP contribution in [0, 0.1) is 13.8 Å². The van der Waals surface area contributed by atoms with Crippen molar-refractivity contribution in [3.63, 3.8) is 0 Å². The Labute approximate surface area is 130 Å². The normalized spacial score (nSPS) is 12.0. The molecule has 0 unspecified atom stereocenters. The van der Waals surface area contributed by atoms with Gasteiger partial charge in [0, 0.05) is 22.2 Å². The highest BCUT2D eigenvalue weighted by Gasteiger charge is 2.15. The van der Waals surface area contributed by atoms with Crippen molar-refractivity contribution < 1.29 is 9.53 Å². The molecule has 2 aromatic rings. The fourth-order valence-corrected chi connectivity index (χ4v) is 3.30. The lowest BCUT2D eigenvalue weighted by molar-refractivity contribution is 0.0951. The standard InChI is InChI=1S/C17H21NO2S/c1-11(14-7-5-6-8-16(14)20-4)10-18-17(19)15-9-12(2)21-13(15)3/h5-9,11H,10H2,1-4H3,(H,18,19)/t11-/m1/s1. The first-order valence-corrected chi connectivity index (χ1v) is 7.82. The van der Waals surface area contributed by atoms with Crippen LogP contribution in [0.25, 0.3) is 0 Å². The first kappa shape index (κ1) is 15.6. The van der Waals surface area contributed by atoms with E-state index in [-0.39, 0.29) is 11.8 Å². The third-order valence-corrected chi connectivity index (χ3v) is 4.49. The van der Waals surface area contributed by atoms with E-state index in [2.05, 4.69) is 12.2 Å². The Morgan fingerprint density at radius 3 is 2.67 bits per heavy atom. The number of methoxy groups -OCH3 is 1. The molecule has 1 aromatic heterocycles. The minimum absolute atomic E-state index is 0.00130. The summed E-state index contributed by atoms with van der Waals surface area (Å²) in [7, 11) is 1.67. The summed E-state index contributed by atoms with van der Waals surface area (Å²) in [6.07, 6.45) is 0. The number of carbonyl (C=O) groups is 1. The van der Waals surface area contributed by atoms with Crippen LogP contribution in [0.3, 0.4) is 0 Å². The highest BCUT2D eigenvalue weighted by molar-refractivity contribution is 7.12. The zero-order valence-electron chi connectivity index (χ0n) is 12.9. The van der Waals surface area contributed by atoms with Gasteiger partial charge in [0.25, 0.3) is 5.91 Å². The molecule has 0 spiro atoms. The molecule has 0 radical (unpaired) electrons. The average Bonchev–Trinajstić information content (AvgIpc) is 2.83. The summed E-state index contributed by atoms with van der Waals surface area (Å²) in [5, 5.41) is 3.01. The highest BCUT2D eigenvalue weighted by Crippen LogP contribution is 2.26. The van der Waals surface area contributed by atoms with E-state index in [9.17, 15) is 4.79 Å². The SMILES string of the molecule is COc1ccccc1[C@H](C)CNC(=O)c1cc(C)sc1C. The number of thiophene rings is 1. The summed E-state index contributed by atoms with van der Waals surface area (Å²) in [6, 6.07) is 9.87. The van der Waals surface area contributed by atoms with Crippen molar-refractivity contribution in [1.82, 2.24) is 5.32 Å². The van der Waals surface area contributed by atoms with Crippen molar-refractivity contribution in [3.8, 4) is 5.75 Å². The van der Waals surface area contributed by atoms with Gasteiger partial charge < -0.3 is 10.1 Å². The number of hydrogen-bond acceptors (Lipinski definition) is 3. The van der Waals surface area contributed by atoms with Gasteiger partial charge >= 0.3 is 0 Å². The molecular weight excluding hydrogens is 282 g/mol. The number of benzene rings is 1. The topological polar surface area (TPSA) is 38.3 Å². The molecule has 1 heterocycles. The van der Waals surface area contributed by atoms with Crippen LogP contribution in [-0.2, 0) is 0 Å². The molecule has 21 heavy (non-hydrogen) atoms. The minimum atomic E-state index is -0.00130. The zero-order valence-corrected chi connectivity index (χ0v) is 13.7. The summed E-state index contributed by atoms with van der Waals surface area (Å²) < 4.78 is 5.37. The summed E-state index contributed by atoms with van der Waals surface area (Å²) in [4.78, 5) is 14.5. The van der Waals surface area contributed by atoms with E-state index in [1.807, 2.05) is 44.2 Å². The van der Waals surface area contributed by atoms with E-state index >= 15 is 0 Å². The van der Waals surface area contributed by atoms with Gasteiger partial charge in [0.1, 0.15) is 5.75 Å². The second-order valence-corrected chi connectivity index (χ2v) is 6.64. The third kappa shape index (κ3) is 3.64. The molecule has 3 nitrogen and oxygen atoms in total. The molecule has 0 bridgehead atoms. The van der Waals surface area contributed by atoms with Crippen molar-refractivity contribution in [3.05, 3.63) is 51.2 Å². The lowest BCUT2D eigenvalue weighted by Gasteiger charge is -2.16. The monoisotopic (exact) mass is 303 g/mol. The predicted molar refractivity (Wildman–Crippen MR) is 87.5 cm³/mol. The summed E-state index contributed by atoms with van der Waals surface area (Å²) in [5.74, 6) is 1.06. The molecule has 0 fully saturated rings. The van der Waals surface area contributed by atoms with Gasteiger partial charge in [-0.15, -0.1) is 11.3 Å². The number of ether oxygens (including phenoxy) is 1. The molecule has 0 saturated heterocycles. The van der Waals surface area contributed by atoms with Crippen molar-refractivity contribution in [2.45, 2.75) is 26.7 Å². The first-order chi connectivity index (χ1) is 10.0. The molecule has 0 aliphatic heterocycles. The van der Waals surface area contributed by atoms with Gasteiger partial charge in [0.05, 0.1) is 12.7 Å². The molecule has 1 aromatic carbocycles. The van der Waals surface area contributed by atoms with E-state index in [0.29, 0.717) is 6.54 Å². The molecule has 0 saturated carbocycles. The summed E-state index contributed by atoms with van der Waals surface area (Å²) in [6.45, 7) is 6.68. The van der Waals surface area contributed by atoms with E-state index in [4.69, 9.17) is 4.74 Å². The Kier molecular flexibility index (Phi) is 5.02. The van der Waals surface area contributed by atoms with Crippen molar-refractivity contribution in [2.75, 3.05) is 13.7 Å². The number of rotatable bonds is 5. The zero-order chi connectivity index (χ0) is 15.4. The van der Waals surface area contributed by atoms with E-state index in [1.165, 1.54) is 0 Å². The van der Waals surface area contributed by atoms with Gasteiger partial charge in [-0.1, -0.05) is 25.1 Å². The second kappa shape index (κ2) is 6.76. The number of nitrogens with one attached hydrogen (secondary N) is 1. The molecule has 0 aliphatic rings. The van der Waals surface area contributed by atoms with Crippen molar-refractivity contribution in [2.24, 2.45) is 0 Å². The van der Waals surface area contributed by atoms with Crippen LogP contribution in [0.15, 0.2) is 30.3 Å². The van der Waals surface area contributed by atoms with Crippen LogP contribution < -0.4 is 10.1 Å². The number of hydrogen-bond donors (Lipinski definition) is 1. The van der Waals surface area contributed by atoms with Crippen LogP contribution in [0.2, 0.25) is 0 Å². The summed E-state index contributed by atoms with van der Waals surface area (Å²) in [5.41, 5.74) is 1.89. The Morgan fingerprint density at radius 1 is 1.33 bits per heavy atom. The Bertz CT molecular complexity index is 633. The third-order valence-electron chi connectivity index (χ3n) is 3.52. The number of amides is 1. The number of para-hydroxylation sites is 1. The van der Waals surface area contributed by atoms with E-state index in [0.717, 1.165) is 26.6 Å². The fraction of sp³-hybridized carbons (Fsp3) is 0.353. The quantitative estimate of drug-likeness (QED) is 0.909. The molecular formula is C17H21NO2S. The fourth-order valence-electron chi connectivity index (χ4n) is 2.38. The lowest BCUT2D eigenvalue weighted by Crippen LogP contribution is -2.27. The Morgan fingerprint density at radius 2 is 2.05 bits per heavy atom. The lowest BCUT2D eigenvalue weighted by atomic mass is 10.00. The first-order valence-electron chi connectivity index (χ1n) is 7.01. The molecule has 1 atom stereocenters. The van der Waals surface area contributed by atoms with Crippen LogP contribution in [0.4, 0.5) is 0 Å². The van der Waals surface area contributed by atoms with Crippen molar-refractivity contribution in [1.29, 1.82) is 0 Å². The second-order valence-electron chi connectivity index (χ2n) is 5.18. The van der Waals surface area contributed by atoms with E-state index in [1.54, 1.807) is 18.4 Å². The Hall–Kier alpha value is -1.81. The summed E-state index contributed by atoms with van der Waals surface area (Å²) >= 11 is 1.65. The largest absolute Gasteiger partial charge is 0.496 e. The smallest absolute Gasteiger partial charge is 0.252 e. The van der Waals surface area contributed by atoms with E-state index < -0.39 is 0 Å². The highest BCUT2D eigenvalue weighted by atomic mass is 32.1. The minimum Gasteiger partial charge on any atom is -0.496 e. The van der Waals surface area contributed by atoms with Gasteiger partial charge in [-0.25, -0.2) is 0 Å². The number of aryl methyl sites for hydroxylation is 2. The maximum atomic E-state index is 12.2. The van der Waals surface area contributed by atoms with Crippen LogP contribution in [0.5, 0.6) is 5.75 Å². The van der Waals surface area contributed by atoms with Gasteiger partial charge in [-0.05, 0) is 31.5 Å². The molecule has 4 heteroatoms.